The van der Waals surface area contributed by atoms with E-state index in [1.54, 1.807) is 6.92 Å². The normalized spacial score (nSPS) is 17.0. The molecular formula is C16H42O7SiTi. The molecule has 0 rings (SSSR count). The molecule has 25 heavy (non-hydrogen) atoms. The van der Waals surface area contributed by atoms with Gasteiger partial charge in [-0.25, -0.2) is 0 Å². The molecule has 0 aromatic heterocycles. The van der Waals surface area contributed by atoms with Gasteiger partial charge in [0.15, 0.2) is 0 Å². The molecular weight excluding hydrogens is 380 g/mol. The Kier molecular flexibility index (Phi) is 30.6. The molecule has 0 bridgehead atoms. The van der Waals surface area contributed by atoms with E-state index in [4.69, 9.17) is 18.4 Å². The Hall–Kier alpha value is 0.651. The Bertz CT molecular complexity index is 229. The van der Waals surface area contributed by atoms with Crippen LogP contribution in [0.25, 0.3) is 0 Å². The molecule has 4 unspecified atom stereocenters. The molecule has 0 saturated carbocycles. The Balaban J connectivity index is -0.000000147. The third-order valence-corrected chi connectivity index (χ3v) is 5.47. The van der Waals surface area contributed by atoms with Crippen LogP contribution >= 0.6 is 0 Å². The summed E-state index contributed by atoms with van der Waals surface area (Å²) in [5.41, 5.74) is 0. The van der Waals surface area contributed by atoms with Gasteiger partial charge in [0.1, 0.15) is 0 Å². The first-order chi connectivity index (χ1) is 10.1. The Morgan fingerprint density at radius 2 is 0.880 bits per heavy atom. The second kappa shape index (κ2) is 21.0. The van der Waals surface area contributed by atoms with E-state index >= 15 is 0 Å². The number of rotatable bonds is 10. The first-order valence-corrected chi connectivity index (χ1v) is 10.2. The van der Waals surface area contributed by atoms with Gasteiger partial charge in [-0.2, -0.15) is 0 Å². The van der Waals surface area contributed by atoms with Crippen molar-refractivity contribution in [1.29, 1.82) is 0 Å². The predicted octanol–water partition coefficient (Wildman–Crippen LogP) is 1.98. The molecule has 156 valence electrons. The van der Waals surface area contributed by atoms with Crippen molar-refractivity contribution in [3.63, 3.8) is 0 Å². The minimum atomic E-state index is -3.50. The summed E-state index contributed by atoms with van der Waals surface area (Å²) >= 11 is 0. The fourth-order valence-electron chi connectivity index (χ4n) is 1.10. The summed E-state index contributed by atoms with van der Waals surface area (Å²) < 4.78 is 16.7. The topological polar surface area (TPSA) is 131 Å². The molecule has 0 spiro atoms. The molecule has 0 amide bonds. The van der Waals surface area contributed by atoms with E-state index in [-0.39, 0.29) is 57.1 Å². The van der Waals surface area contributed by atoms with Crippen molar-refractivity contribution in [3.05, 3.63) is 0 Å². The van der Waals surface area contributed by atoms with Crippen molar-refractivity contribution in [2.24, 2.45) is 0 Å². The summed E-state index contributed by atoms with van der Waals surface area (Å²) in [5.74, 6) is 0. The van der Waals surface area contributed by atoms with Gasteiger partial charge in [-0.1, -0.05) is 27.7 Å². The summed E-state index contributed by atoms with van der Waals surface area (Å²) in [5, 5.41) is 8.36. The molecule has 0 aliphatic carbocycles. The van der Waals surface area contributed by atoms with Crippen LogP contribution in [0.5, 0.6) is 0 Å². The quantitative estimate of drug-likeness (QED) is 0.520. The van der Waals surface area contributed by atoms with Gasteiger partial charge in [-0.15, -0.1) is 0 Å². The maximum atomic E-state index is 10.4. The van der Waals surface area contributed by atoms with Gasteiger partial charge < -0.3 is 34.1 Å². The molecule has 0 aliphatic rings. The minimum absolute atomic E-state index is 0. The van der Waals surface area contributed by atoms with Crippen LogP contribution in [-0.4, -0.2) is 54.3 Å². The Labute approximate surface area is 170 Å². The number of aliphatic hydroxyl groups is 1. The molecule has 0 saturated heterocycles. The van der Waals surface area contributed by atoms with Crippen LogP contribution in [0, 0.1) is 0 Å². The summed E-state index contributed by atoms with van der Waals surface area (Å²) in [6.45, 7) is 15.5. The fourth-order valence-corrected chi connectivity index (χ4v) is 3.29. The van der Waals surface area contributed by atoms with Crippen LogP contribution in [0.3, 0.4) is 0 Å². The molecule has 0 radical (unpaired) electrons. The molecule has 0 fully saturated rings. The molecule has 4 atom stereocenters. The average Bonchev–Trinajstić information content (AvgIpc) is 2.46. The number of hydrogen-bond acceptors (Lipinski definition) is 5. The summed E-state index contributed by atoms with van der Waals surface area (Å²) in [6.07, 6.45) is 3.05. The molecule has 9 heteroatoms. The molecule has 6 N–H and O–H groups in total. The van der Waals surface area contributed by atoms with Gasteiger partial charge in [0.2, 0.25) is 0 Å². The molecule has 0 aromatic rings. The van der Waals surface area contributed by atoms with Crippen LogP contribution in [0.4, 0.5) is 0 Å². The van der Waals surface area contributed by atoms with Crippen LogP contribution in [0.2, 0.25) is 0 Å². The van der Waals surface area contributed by atoms with Gasteiger partial charge in [-0.05, 0) is 53.4 Å². The molecule has 7 nitrogen and oxygen atoms in total. The fraction of sp³-hybridized carbons (Fsp3) is 1.00. The van der Waals surface area contributed by atoms with Crippen LogP contribution in [0.1, 0.15) is 81.1 Å². The van der Waals surface area contributed by atoms with Crippen LogP contribution < -0.4 is 0 Å². The van der Waals surface area contributed by atoms with Gasteiger partial charge in [0.05, 0.1) is 6.10 Å². The van der Waals surface area contributed by atoms with Gasteiger partial charge in [0.25, 0.3) is 0 Å². The van der Waals surface area contributed by atoms with E-state index in [9.17, 15) is 4.80 Å². The third-order valence-electron chi connectivity index (χ3n) is 3.37. The van der Waals surface area contributed by atoms with Crippen molar-refractivity contribution in [3.8, 4) is 0 Å². The first-order valence-electron chi connectivity index (χ1n) is 8.57. The van der Waals surface area contributed by atoms with Crippen molar-refractivity contribution >= 4 is 9.05 Å². The largest absolute Gasteiger partial charge is 0.677 e. The number of aliphatic hydroxyl groups excluding tert-OH is 1. The summed E-state index contributed by atoms with van der Waals surface area (Å²) in [6, 6.07) is 0. The summed E-state index contributed by atoms with van der Waals surface area (Å²) in [4.78, 5) is 10.4. The number of hydrogen-bond donors (Lipinski definition) is 2. The first kappa shape index (κ1) is 36.6. The second-order valence-corrected chi connectivity index (χ2v) is 7.55. The molecule has 0 aromatic carbocycles. The SMILES string of the molecule is CCC(C)O.CCC(C)O[Si](O)(OC(C)CC)OC(C)CC.O.O.[Ti]. The maximum absolute atomic E-state index is 10.4. The Morgan fingerprint density at radius 1 is 0.680 bits per heavy atom. The van der Waals surface area contributed by atoms with Crippen molar-refractivity contribution < 1.29 is 55.9 Å². The third kappa shape index (κ3) is 22.6. The van der Waals surface area contributed by atoms with Crippen molar-refractivity contribution in [2.45, 2.75) is 105 Å². The van der Waals surface area contributed by atoms with E-state index in [0.717, 1.165) is 25.7 Å². The van der Waals surface area contributed by atoms with E-state index < -0.39 is 9.05 Å². The van der Waals surface area contributed by atoms with Crippen LogP contribution in [-0.2, 0) is 35.0 Å². The monoisotopic (exact) mass is 422 g/mol. The maximum Gasteiger partial charge on any atom is 0.677 e. The van der Waals surface area contributed by atoms with Gasteiger partial charge in [-0.3, -0.25) is 0 Å². The van der Waals surface area contributed by atoms with Crippen molar-refractivity contribution in [1.82, 2.24) is 0 Å². The van der Waals surface area contributed by atoms with Gasteiger partial charge >= 0.3 is 9.05 Å². The Morgan fingerprint density at radius 3 is 1.00 bits per heavy atom. The standard InChI is InChI=1S/C12H28O4Si.C4H10O.2H2O.Ti/c1-7-10(4)14-17(13,15-11(5)8-2)16-12(6)9-3;1-3-4(2)5;;;/h10-13H,7-9H2,1-6H3;4-5H,3H2,1-2H3;2*1H2;. The zero-order valence-electron chi connectivity index (χ0n) is 17.3. The summed E-state index contributed by atoms with van der Waals surface area (Å²) in [7, 11) is -3.50. The average molecular weight is 422 g/mol. The van der Waals surface area contributed by atoms with E-state index in [2.05, 4.69) is 0 Å². The predicted molar refractivity (Wildman–Crippen MR) is 99.7 cm³/mol. The molecule has 0 aliphatic heterocycles. The van der Waals surface area contributed by atoms with Crippen LogP contribution in [0.15, 0.2) is 0 Å². The second-order valence-electron chi connectivity index (χ2n) is 5.79. The van der Waals surface area contributed by atoms with E-state index in [1.165, 1.54) is 0 Å². The van der Waals surface area contributed by atoms with Crippen molar-refractivity contribution in [2.75, 3.05) is 0 Å². The minimum Gasteiger partial charge on any atom is -0.412 e. The smallest absolute Gasteiger partial charge is 0.412 e. The molecule has 0 heterocycles. The van der Waals surface area contributed by atoms with E-state index in [0.29, 0.717) is 0 Å². The van der Waals surface area contributed by atoms with Gasteiger partial charge in [0, 0.05) is 40.0 Å². The zero-order valence-corrected chi connectivity index (χ0v) is 19.8. The van der Waals surface area contributed by atoms with E-state index in [1.807, 2.05) is 48.5 Å². The zero-order chi connectivity index (χ0) is 17.8.